The fourth-order valence-corrected chi connectivity index (χ4v) is 4.95. The van der Waals surface area contributed by atoms with Gasteiger partial charge < -0.3 is 0 Å². The lowest BCUT2D eigenvalue weighted by molar-refractivity contribution is 0.284. The van der Waals surface area contributed by atoms with Crippen molar-refractivity contribution in [2.24, 2.45) is 0 Å². The Morgan fingerprint density at radius 2 is 1.61 bits per heavy atom. The van der Waals surface area contributed by atoms with Gasteiger partial charge in [0.2, 0.25) is 0 Å². The zero-order chi connectivity index (χ0) is 22.1. The number of nitrogens with zero attached hydrogens (tertiary/aromatic N) is 1. The fraction of sp³-hybridized carbons (Fsp3) is 0.533. The average Bonchev–Trinajstić information content (AvgIpc) is 3.17. The van der Waals surface area contributed by atoms with Crippen molar-refractivity contribution in [1.82, 2.24) is 4.90 Å². The molecule has 2 aliphatic carbocycles. The molecule has 0 spiro atoms. The van der Waals surface area contributed by atoms with E-state index in [0.29, 0.717) is 0 Å². The lowest BCUT2D eigenvalue weighted by Crippen LogP contribution is -2.28. The molecule has 1 aromatic rings. The van der Waals surface area contributed by atoms with Gasteiger partial charge in [0.25, 0.3) is 0 Å². The number of allylic oxidation sites excluding steroid dienone is 6. The van der Waals surface area contributed by atoms with Crippen LogP contribution >= 0.6 is 0 Å². The average molecular weight is 418 g/mol. The third-order valence-electron chi connectivity index (χ3n) is 6.88. The highest BCUT2D eigenvalue weighted by Gasteiger charge is 2.24. The van der Waals surface area contributed by atoms with Gasteiger partial charge in [0.1, 0.15) is 0 Å². The summed E-state index contributed by atoms with van der Waals surface area (Å²) in [4.78, 5) is 2.67. The van der Waals surface area contributed by atoms with E-state index in [1.807, 2.05) is 0 Å². The Morgan fingerprint density at radius 1 is 0.903 bits per heavy atom. The second-order valence-corrected chi connectivity index (χ2v) is 9.39. The van der Waals surface area contributed by atoms with Gasteiger partial charge in [0, 0.05) is 6.54 Å². The van der Waals surface area contributed by atoms with Crippen LogP contribution in [0.1, 0.15) is 89.7 Å². The van der Waals surface area contributed by atoms with Gasteiger partial charge in [-0.2, -0.15) is 0 Å². The molecule has 1 nitrogen and oxygen atoms in total. The van der Waals surface area contributed by atoms with Crippen molar-refractivity contribution < 1.29 is 0 Å². The lowest BCUT2D eigenvalue weighted by Gasteiger charge is -2.26. The van der Waals surface area contributed by atoms with Crippen LogP contribution in [-0.2, 0) is 6.42 Å². The molecular formula is C30H43N. The van der Waals surface area contributed by atoms with Gasteiger partial charge in [-0.15, -0.1) is 0 Å². The molecule has 3 rings (SSSR count). The predicted octanol–water partition coefficient (Wildman–Crippen LogP) is 8.29. The summed E-state index contributed by atoms with van der Waals surface area (Å²) < 4.78 is 0. The molecule has 0 radical (unpaired) electrons. The standard InChI is InChI=1S/C30H43N/c1-5-8-13-28-22-27-14-11-12-15-29(27)30(28)24(4)26-18-16-25(17-19-26)23-31(20-9-6-2)21-10-7-3/h11-12,14-16,18H,4-10,13,17,19-23H2,1-3H3. The van der Waals surface area contributed by atoms with Gasteiger partial charge in [0.15, 0.2) is 0 Å². The highest BCUT2D eigenvalue weighted by Crippen LogP contribution is 2.42. The zero-order valence-electron chi connectivity index (χ0n) is 20.3. The molecule has 1 heteroatoms. The molecule has 0 fully saturated rings. The van der Waals surface area contributed by atoms with Crippen LogP contribution in [0.25, 0.3) is 5.57 Å². The number of unbranched alkanes of at least 4 members (excludes halogenated alkanes) is 3. The van der Waals surface area contributed by atoms with E-state index in [1.54, 1.807) is 11.1 Å². The van der Waals surface area contributed by atoms with Crippen LogP contribution in [0.4, 0.5) is 0 Å². The molecule has 0 saturated carbocycles. The van der Waals surface area contributed by atoms with Crippen molar-refractivity contribution >= 4 is 5.57 Å². The van der Waals surface area contributed by atoms with Crippen molar-refractivity contribution in [2.45, 2.75) is 85.0 Å². The summed E-state index contributed by atoms with van der Waals surface area (Å²) in [7, 11) is 0. The largest absolute Gasteiger partial charge is 0.299 e. The highest BCUT2D eigenvalue weighted by atomic mass is 15.1. The van der Waals surface area contributed by atoms with Gasteiger partial charge in [-0.3, -0.25) is 4.90 Å². The summed E-state index contributed by atoms with van der Waals surface area (Å²) in [6, 6.07) is 8.97. The Labute approximate surface area is 191 Å². The number of fused-ring (bicyclic) bond motifs is 1. The summed E-state index contributed by atoms with van der Waals surface area (Å²) in [5.41, 5.74) is 10.3. The molecule has 0 unspecified atom stereocenters. The van der Waals surface area contributed by atoms with E-state index in [9.17, 15) is 0 Å². The molecule has 0 bridgehead atoms. The van der Waals surface area contributed by atoms with E-state index >= 15 is 0 Å². The highest BCUT2D eigenvalue weighted by molar-refractivity contribution is 5.89. The first-order valence-electron chi connectivity index (χ1n) is 12.8. The molecule has 0 atom stereocenters. The third kappa shape index (κ3) is 6.32. The van der Waals surface area contributed by atoms with E-state index in [2.05, 4.69) is 68.7 Å². The minimum atomic E-state index is 1.11. The van der Waals surface area contributed by atoms with E-state index < -0.39 is 0 Å². The van der Waals surface area contributed by atoms with E-state index in [1.165, 1.54) is 92.3 Å². The van der Waals surface area contributed by atoms with Crippen molar-refractivity contribution in [2.75, 3.05) is 19.6 Å². The molecular weight excluding hydrogens is 374 g/mol. The van der Waals surface area contributed by atoms with Crippen LogP contribution in [0.15, 0.2) is 65.3 Å². The van der Waals surface area contributed by atoms with Gasteiger partial charge in [-0.1, -0.05) is 94.2 Å². The number of rotatable bonds is 13. The second kappa shape index (κ2) is 12.2. The summed E-state index contributed by atoms with van der Waals surface area (Å²) in [5, 5.41) is 0. The topological polar surface area (TPSA) is 3.24 Å². The van der Waals surface area contributed by atoms with Crippen LogP contribution in [0.5, 0.6) is 0 Å². The second-order valence-electron chi connectivity index (χ2n) is 9.39. The van der Waals surface area contributed by atoms with E-state index in [4.69, 9.17) is 0 Å². The molecule has 0 aliphatic heterocycles. The van der Waals surface area contributed by atoms with Crippen molar-refractivity contribution in [1.29, 1.82) is 0 Å². The molecule has 0 N–H and O–H groups in total. The molecule has 31 heavy (non-hydrogen) atoms. The molecule has 0 aromatic heterocycles. The van der Waals surface area contributed by atoms with Crippen molar-refractivity contribution in [3.63, 3.8) is 0 Å². The smallest absolute Gasteiger partial charge is 0.0196 e. The third-order valence-corrected chi connectivity index (χ3v) is 6.88. The maximum atomic E-state index is 4.62. The van der Waals surface area contributed by atoms with Gasteiger partial charge in [-0.05, 0) is 85.9 Å². The molecule has 0 heterocycles. The van der Waals surface area contributed by atoms with Crippen LogP contribution in [0.2, 0.25) is 0 Å². The van der Waals surface area contributed by atoms with Crippen LogP contribution < -0.4 is 0 Å². The first-order chi connectivity index (χ1) is 15.2. The Kier molecular flexibility index (Phi) is 9.40. The SMILES string of the molecule is C=C(C1=CC=C(CN(CCCC)CCCC)CC1)C1=C(CCCC)Cc2ccccc21. The van der Waals surface area contributed by atoms with Gasteiger partial charge in [0.05, 0.1) is 0 Å². The summed E-state index contributed by atoms with van der Waals surface area (Å²) in [6.07, 6.45) is 17.1. The quantitative estimate of drug-likeness (QED) is 0.312. The number of benzene rings is 1. The maximum Gasteiger partial charge on any atom is 0.0196 e. The Morgan fingerprint density at radius 3 is 2.26 bits per heavy atom. The number of hydrogen-bond donors (Lipinski definition) is 0. The van der Waals surface area contributed by atoms with Crippen LogP contribution in [0, 0.1) is 0 Å². The Bertz CT molecular complexity index is 828. The maximum absolute atomic E-state index is 4.62. The molecule has 1 aromatic carbocycles. The molecule has 0 saturated heterocycles. The Hall–Kier alpha value is -1.86. The lowest BCUT2D eigenvalue weighted by atomic mass is 9.86. The van der Waals surface area contributed by atoms with Crippen molar-refractivity contribution in [3.05, 3.63) is 76.4 Å². The van der Waals surface area contributed by atoms with Gasteiger partial charge >= 0.3 is 0 Å². The fourth-order valence-electron chi connectivity index (χ4n) is 4.95. The normalized spacial score (nSPS) is 15.9. The van der Waals surface area contributed by atoms with Crippen molar-refractivity contribution in [3.8, 4) is 0 Å². The minimum absolute atomic E-state index is 1.11. The minimum Gasteiger partial charge on any atom is -0.299 e. The number of hydrogen-bond acceptors (Lipinski definition) is 1. The summed E-state index contributed by atoms with van der Waals surface area (Å²) >= 11 is 0. The Balaban J connectivity index is 1.74. The predicted molar refractivity (Wildman–Crippen MR) is 137 cm³/mol. The summed E-state index contributed by atoms with van der Waals surface area (Å²) in [6.45, 7) is 15.1. The monoisotopic (exact) mass is 417 g/mol. The molecule has 2 aliphatic rings. The first kappa shape index (κ1) is 23.8. The van der Waals surface area contributed by atoms with Crippen LogP contribution in [0.3, 0.4) is 0 Å². The van der Waals surface area contributed by atoms with Gasteiger partial charge in [-0.25, -0.2) is 0 Å². The first-order valence-corrected chi connectivity index (χ1v) is 12.8. The van der Waals surface area contributed by atoms with Crippen LogP contribution in [-0.4, -0.2) is 24.5 Å². The molecule has 0 amide bonds. The van der Waals surface area contributed by atoms with E-state index in [-0.39, 0.29) is 0 Å². The van der Waals surface area contributed by atoms with E-state index in [0.717, 1.165) is 19.4 Å². The summed E-state index contributed by atoms with van der Waals surface area (Å²) in [5.74, 6) is 0. The molecule has 168 valence electrons. The zero-order valence-corrected chi connectivity index (χ0v) is 20.3.